The highest BCUT2D eigenvalue weighted by atomic mass is 14.9. The minimum absolute atomic E-state index is 0.375. The van der Waals surface area contributed by atoms with E-state index >= 15 is 0 Å². The van der Waals surface area contributed by atoms with E-state index in [9.17, 15) is 0 Å². The number of rotatable bonds is 4. The Morgan fingerprint density at radius 1 is 0.947 bits per heavy atom. The van der Waals surface area contributed by atoms with Gasteiger partial charge in [0.25, 0.3) is 0 Å². The summed E-state index contributed by atoms with van der Waals surface area (Å²) >= 11 is 0. The number of benzene rings is 2. The van der Waals surface area contributed by atoms with Crippen LogP contribution in [0.15, 0.2) is 42.5 Å². The fraction of sp³-hybridized carbons (Fsp3) is 0.333. The first-order valence-electron chi connectivity index (χ1n) is 6.93. The van der Waals surface area contributed by atoms with Gasteiger partial charge in [0.2, 0.25) is 0 Å². The summed E-state index contributed by atoms with van der Waals surface area (Å²) < 4.78 is 0. The van der Waals surface area contributed by atoms with E-state index in [1.54, 1.807) is 0 Å². The maximum atomic E-state index is 3.62. The third-order valence-corrected chi connectivity index (χ3v) is 3.76. The summed E-state index contributed by atoms with van der Waals surface area (Å²) in [5.74, 6) is 0. The normalized spacial score (nSPS) is 12.4. The Balaban J connectivity index is 2.07. The van der Waals surface area contributed by atoms with Crippen molar-refractivity contribution in [3.05, 3.63) is 70.3 Å². The van der Waals surface area contributed by atoms with E-state index in [4.69, 9.17) is 0 Å². The zero-order valence-electron chi connectivity index (χ0n) is 12.3. The van der Waals surface area contributed by atoms with Crippen molar-refractivity contribution in [2.75, 3.05) is 0 Å². The molecule has 1 N–H and O–H groups in total. The Morgan fingerprint density at radius 2 is 1.68 bits per heavy atom. The standard InChI is InChI=1S/C18H23N/c1-13-9-10-15(3)18(11-13)16(4)19-12-17-8-6-5-7-14(17)2/h5-11,16,19H,12H2,1-4H3. The van der Waals surface area contributed by atoms with E-state index in [1.807, 2.05) is 0 Å². The summed E-state index contributed by atoms with van der Waals surface area (Å²) in [6.07, 6.45) is 0. The molecule has 0 fully saturated rings. The van der Waals surface area contributed by atoms with Crippen LogP contribution in [0.5, 0.6) is 0 Å². The van der Waals surface area contributed by atoms with Crippen LogP contribution in [-0.2, 0) is 6.54 Å². The summed E-state index contributed by atoms with van der Waals surface area (Å²) in [5.41, 5.74) is 6.80. The molecular formula is C18H23N. The van der Waals surface area contributed by atoms with E-state index in [-0.39, 0.29) is 0 Å². The minimum Gasteiger partial charge on any atom is -0.306 e. The summed E-state index contributed by atoms with van der Waals surface area (Å²) in [7, 11) is 0. The Kier molecular flexibility index (Phi) is 4.39. The van der Waals surface area contributed by atoms with Crippen LogP contribution < -0.4 is 5.32 Å². The Morgan fingerprint density at radius 3 is 2.42 bits per heavy atom. The first kappa shape index (κ1) is 13.8. The van der Waals surface area contributed by atoms with Gasteiger partial charge in [-0.15, -0.1) is 0 Å². The predicted molar refractivity (Wildman–Crippen MR) is 82.3 cm³/mol. The molecule has 1 atom stereocenters. The molecule has 0 bridgehead atoms. The van der Waals surface area contributed by atoms with Crippen LogP contribution in [0.4, 0.5) is 0 Å². The van der Waals surface area contributed by atoms with Gasteiger partial charge in [0.1, 0.15) is 0 Å². The second-order valence-electron chi connectivity index (χ2n) is 5.39. The lowest BCUT2D eigenvalue weighted by Crippen LogP contribution is -2.19. The molecule has 0 aromatic heterocycles. The van der Waals surface area contributed by atoms with Crippen LogP contribution in [0.25, 0.3) is 0 Å². The SMILES string of the molecule is Cc1ccc(C)c(C(C)NCc2ccccc2C)c1. The number of hydrogen-bond acceptors (Lipinski definition) is 1. The van der Waals surface area contributed by atoms with Crippen LogP contribution in [0.1, 0.15) is 40.8 Å². The van der Waals surface area contributed by atoms with Gasteiger partial charge in [0.15, 0.2) is 0 Å². The molecule has 100 valence electrons. The lowest BCUT2D eigenvalue weighted by atomic mass is 9.99. The first-order valence-corrected chi connectivity index (χ1v) is 6.93. The molecule has 1 heteroatoms. The van der Waals surface area contributed by atoms with Crippen molar-refractivity contribution in [2.45, 2.75) is 40.3 Å². The van der Waals surface area contributed by atoms with Crippen molar-refractivity contribution in [3.8, 4) is 0 Å². The molecule has 0 aliphatic carbocycles. The van der Waals surface area contributed by atoms with Crippen molar-refractivity contribution in [3.63, 3.8) is 0 Å². The average molecular weight is 253 g/mol. The summed E-state index contributed by atoms with van der Waals surface area (Å²) in [6, 6.07) is 15.6. The highest BCUT2D eigenvalue weighted by molar-refractivity contribution is 5.33. The van der Waals surface area contributed by atoms with Gasteiger partial charge in [-0.2, -0.15) is 0 Å². The molecule has 2 aromatic rings. The van der Waals surface area contributed by atoms with E-state index in [1.165, 1.54) is 27.8 Å². The van der Waals surface area contributed by atoms with E-state index in [2.05, 4.69) is 75.5 Å². The molecule has 0 aliphatic heterocycles. The van der Waals surface area contributed by atoms with Gasteiger partial charge in [-0.05, 0) is 49.9 Å². The van der Waals surface area contributed by atoms with Gasteiger partial charge >= 0.3 is 0 Å². The highest BCUT2D eigenvalue weighted by Crippen LogP contribution is 2.19. The molecule has 1 nitrogen and oxygen atoms in total. The van der Waals surface area contributed by atoms with Gasteiger partial charge in [0, 0.05) is 12.6 Å². The monoisotopic (exact) mass is 253 g/mol. The minimum atomic E-state index is 0.375. The van der Waals surface area contributed by atoms with Gasteiger partial charge in [0.05, 0.1) is 0 Å². The first-order chi connectivity index (χ1) is 9.08. The van der Waals surface area contributed by atoms with Crippen molar-refractivity contribution >= 4 is 0 Å². The maximum Gasteiger partial charge on any atom is 0.0297 e. The quantitative estimate of drug-likeness (QED) is 0.848. The zero-order chi connectivity index (χ0) is 13.8. The van der Waals surface area contributed by atoms with Crippen molar-refractivity contribution in [1.29, 1.82) is 0 Å². The Bertz CT molecular complexity index is 557. The second-order valence-corrected chi connectivity index (χ2v) is 5.39. The zero-order valence-corrected chi connectivity index (χ0v) is 12.3. The third kappa shape index (κ3) is 3.45. The Labute approximate surface area is 116 Å². The van der Waals surface area contributed by atoms with Gasteiger partial charge in [-0.1, -0.05) is 48.0 Å². The molecule has 19 heavy (non-hydrogen) atoms. The largest absolute Gasteiger partial charge is 0.306 e. The van der Waals surface area contributed by atoms with Crippen molar-refractivity contribution in [1.82, 2.24) is 5.32 Å². The molecule has 2 aromatic carbocycles. The maximum absolute atomic E-state index is 3.62. The smallest absolute Gasteiger partial charge is 0.0297 e. The molecule has 0 saturated heterocycles. The Hall–Kier alpha value is -1.60. The fourth-order valence-corrected chi connectivity index (χ4v) is 2.41. The van der Waals surface area contributed by atoms with Gasteiger partial charge in [-0.3, -0.25) is 0 Å². The molecule has 0 heterocycles. The molecule has 1 unspecified atom stereocenters. The number of aryl methyl sites for hydroxylation is 3. The van der Waals surface area contributed by atoms with Crippen molar-refractivity contribution in [2.24, 2.45) is 0 Å². The second kappa shape index (κ2) is 6.03. The number of hydrogen-bond donors (Lipinski definition) is 1. The molecule has 0 aliphatic rings. The van der Waals surface area contributed by atoms with E-state index < -0.39 is 0 Å². The average Bonchev–Trinajstić information content (AvgIpc) is 2.40. The van der Waals surface area contributed by atoms with Crippen molar-refractivity contribution < 1.29 is 0 Å². The topological polar surface area (TPSA) is 12.0 Å². The lowest BCUT2D eigenvalue weighted by Gasteiger charge is -2.18. The predicted octanol–water partition coefficient (Wildman–Crippen LogP) is 4.46. The molecule has 0 amide bonds. The summed E-state index contributed by atoms with van der Waals surface area (Å²) in [4.78, 5) is 0. The van der Waals surface area contributed by atoms with Crippen LogP contribution in [0.3, 0.4) is 0 Å². The molecule has 2 rings (SSSR count). The van der Waals surface area contributed by atoms with Gasteiger partial charge in [-0.25, -0.2) is 0 Å². The lowest BCUT2D eigenvalue weighted by molar-refractivity contribution is 0.570. The third-order valence-electron chi connectivity index (χ3n) is 3.76. The molecule has 0 saturated carbocycles. The van der Waals surface area contributed by atoms with Gasteiger partial charge < -0.3 is 5.32 Å². The fourth-order valence-electron chi connectivity index (χ4n) is 2.41. The summed E-state index contributed by atoms with van der Waals surface area (Å²) in [6.45, 7) is 9.65. The van der Waals surface area contributed by atoms with Crippen LogP contribution >= 0.6 is 0 Å². The summed E-state index contributed by atoms with van der Waals surface area (Å²) in [5, 5.41) is 3.62. The van der Waals surface area contributed by atoms with Crippen LogP contribution in [0, 0.1) is 20.8 Å². The molecule has 0 spiro atoms. The van der Waals surface area contributed by atoms with Crippen LogP contribution in [-0.4, -0.2) is 0 Å². The number of nitrogens with one attached hydrogen (secondary N) is 1. The van der Waals surface area contributed by atoms with Crippen LogP contribution in [0.2, 0.25) is 0 Å². The molecular weight excluding hydrogens is 230 g/mol. The van der Waals surface area contributed by atoms with E-state index in [0.29, 0.717) is 6.04 Å². The van der Waals surface area contributed by atoms with E-state index in [0.717, 1.165) is 6.54 Å². The highest BCUT2D eigenvalue weighted by Gasteiger charge is 2.08. The molecule has 0 radical (unpaired) electrons.